The number of hydrogen-bond acceptors (Lipinski definition) is 6. The van der Waals surface area contributed by atoms with Crippen molar-refractivity contribution in [3.8, 4) is 17.2 Å². The van der Waals surface area contributed by atoms with Crippen molar-refractivity contribution in [1.29, 1.82) is 0 Å². The maximum atomic E-state index is 13.4. The normalized spacial score (nSPS) is 16.5. The summed E-state index contributed by atoms with van der Waals surface area (Å²) in [6.45, 7) is 6.61. The number of benzene rings is 3. The highest BCUT2D eigenvalue weighted by Gasteiger charge is 2.47. The van der Waals surface area contributed by atoms with Gasteiger partial charge >= 0.3 is 0 Å². The van der Waals surface area contributed by atoms with Gasteiger partial charge in [0.1, 0.15) is 23.0 Å². The van der Waals surface area contributed by atoms with Gasteiger partial charge < -0.3 is 19.3 Å². The van der Waals surface area contributed by atoms with E-state index in [0.29, 0.717) is 40.7 Å². The Labute approximate surface area is 229 Å². The average molecular weight is 530 g/mol. The number of carbonyl (C=O) groups excluding carboxylic acids is 2. The van der Waals surface area contributed by atoms with Gasteiger partial charge in [0.05, 0.1) is 31.4 Å². The molecule has 0 bridgehead atoms. The lowest BCUT2D eigenvalue weighted by atomic mass is 9.95. The smallest absolute Gasteiger partial charge is 0.300 e. The Morgan fingerprint density at radius 1 is 0.872 bits per heavy atom. The van der Waals surface area contributed by atoms with Gasteiger partial charge in [-0.05, 0) is 86.5 Å². The zero-order valence-corrected chi connectivity index (χ0v) is 22.8. The molecule has 204 valence electrons. The largest absolute Gasteiger partial charge is 0.507 e. The fraction of sp³-hybridized carbons (Fsp3) is 0.312. The quantitative estimate of drug-likeness (QED) is 0.129. The molecule has 1 atom stereocenters. The minimum absolute atomic E-state index is 0.00231. The molecule has 1 N–H and O–H groups in total. The Kier molecular flexibility index (Phi) is 8.92. The minimum Gasteiger partial charge on any atom is -0.507 e. The van der Waals surface area contributed by atoms with Crippen LogP contribution in [0.3, 0.4) is 0 Å². The molecule has 4 rings (SSSR count). The molecule has 1 saturated heterocycles. The first-order chi connectivity index (χ1) is 18.8. The molecule has 0 saturated carbocycles. The van der Waals surface area contributed by atoms with E-state index in [1.54, 1.807) is 79.9 Å². The van der Waals surface area contributed by atoms with E-state index in [1.165, 1.54) is 4.90 Å². The SMILES string of the molecule is CCCCCOc1ccc(/C(O)=C2\C(=O)C(=O)N(c3ccc(OC(C)C)cc3)C2c2ccc(OC)cc2)cc1. The van der Waals surface area contributed by atoms with Crippen LogP contribution < -0.4 is 19.1 Å². The number of carbonyl (C=O) groups is 2. The molecule has 3 aromatic rings. The number of nitrogens with zero attached hydrogens (tertiary/aromatic N) is 1. The highest BCUT2D eigenvalue weighted by atomic mass is 16.5. The van der Waals surface area contributed by atoms with Crippen LogP contribution in [0.15, 0.2) is 78.4 Å². The van der Waals surface area contributed by atoms with Crippen LogP contribution in [0.5, 0.6) is 17.2 Å². The number of ether oxygens (including phenoxy) is 3. The first-order valence-electron chi connectivity index (χ1n) is 13.3. The molecule has 1 aliphatic rings. The standard InChI is InChI=1S/C32H35NO6/c1-5-6-7-20-38-26-16-10-23(11-17-26)30(34)28-29(22-8-14-25(37-4)15-9-22)33(32(36)31(28)35)24-12-18-27(19-13-24)39-21(2)3/h8-19,21,29,34H,5-7,20H2,1-4H3/b30-28+. The van der Waals surface area contributed by atoms with Crippen molar-refractivity contribution in [3.05, 3.63) is 89.5 Å². The van der Waals surface area contributed by atoms with Crippen LogP contribution in [0.25, 0.3) is 5.76 Å². The Bertz CT molecular complexity index is 1310. The molecule has 1 amide bonds. The van der Waals surface area contributed by atoms with Gasteiger partial charge in [0.25, 0.3) is 11.7 Å². The molecule has 7 nitrogen and oxygen atoms in total. The molecule has 0 aromatic heterocycles. The molecule has 7 heteroatoms. The third-order valence-corrected chi connectivity index (χ3v) is 6.51. The number of Topliss-reactive ketones (excluding diaryl/α,β-unsaturated/α-hetero) is 1. The van der Waals surface area contributed by atoms with E-state index >= 15 is 0 Å². The van der Waals surface area contributed by atoms with Gasteiger partial charge in [-0.15, -0.1) is 0 Å². The number of unbranched alkanes of at least 4 members (excludes halogenated alkanes) is 2. The number of ketones is 1. The maximum Gasteiger partial charge on any atom is 0.300 e. The van der Waals surface area contributed by atoms with E-state index in [9.17, 15) is 14.7 Å². The first-order valence-corrected chi connectivity index (χ1v) is 13.3. The van der Waals surface area contributed by atoms with Crippen molar-refractivity contribution in [2.75, 3.05) is 18.6 Å². The molecular formula is C32H35NO6. The molecule has 0 aliphatic carbocycles. The highest BCUT2D eigenvalue weighted by molar-refractivity contribution is 6.51. The van der Waals surface area contributed by atoms with Crippen molar-refractivity contribution >= 4 is 23.1 Å². The number of methoxy groups -OCH3 is 1. The molecule has 3 aromatic carbocycles. The van der Waals surface area contributed by atoms with Gasteiger partial charge in [0.2, 0.25) is 0 Å². The van der Waals surface area contributed by atoms with Crippen molar-refractivity contribution in [2.45, 2.75) is 52.2 Å². The second-order valence-corrected chi connectivity index (χ2v) is 9.68. The van der Waals surface area contributed by atoms with Gasteiger partial charge in [0, 0.05) is 11.3 Å². The summed E-state index contributed by atoms with van der Waals surface area (Å²) in [4.78, 5) is 28.2. The zero-order valence-electron chi connectivity index (χ0n) is 22.8. The maximum absolute atomic E-state index is 13.4. The third kappa shape index (κ3) is 6.25. The Morgan fingerprint density at radius 3 is 2.08 bits per heavy atom. The van der Waals surface area contributed by atoms with Crippen molar-refractivity contribution < 1.29 is 28.9 Å². The van der Waals surface area contributed by atoms with Crippen molar-refractivity contribution in [1.82, 2.24) is 0 Å². The summed E-state index contributed by atoms with van der Waals surface area (Å²) in [6.07, 6.45) is 3.17. The number of hydrogen-bond donors (Lipinski definition) is 1. The predicted octanol–water partition coefficient (Wildman–Crippen LogP) is 6.68. The molecule has 0 radical (unpaired) electrons. The summed E-state index contributed by atoms with van der Waals surface area (Å²) in [6, 6.07) is 20.2. The average Bonchev–Trinajstić information content (AvgIpc) is 3.21. The number of rotatable bonds is 11. The highest BCUT2D eigenvalue weighted by Crippen LogP contribution is 2.43. The number of anilines is 1. The van der Waals surface area contributed by atoms with E-state index in [0.717, 1.165) is 19.3 Å². The lowest BCUT2D eigenvalue weighted by Crippen LogP contribution is -2.29. The monoisotopic (exact) mass is 529 g/mol. The Hall–Kier alpha value is -4.26. The van der Waals surface area contributed by atoms with E-state index in [2.05, 4.69) is 6.92 Å². The fourth-order valence-electron chi connectivity index (χ4n) is 4.56. The number of aliphatic hydroxyl groups excluding tert-OH is 1. The summed E-state index contributed by atoms with van der Waals surface area (Å²) in [5, 5.41) is 11.4. The molecule has 1 unspecified atom stereocenters. The molecule has 1 heterocycles. The van der Waals surface area contributed by atoms with Crippen molar-refractivity contribution in [3.63, 3.8) is 0 Å². The Balaban J connectivity index is 1.73. The van der Waals surface area contributed by atoms with E-state index in [4.69, 9.17) is 14.2 Å². The van der Waals surface area contributed by atoms with Crippen LogP contribution in [-0.4, -0.2) is 36.6 Å². The Morgan fingerprint density at radius 2 is 1.49 bits per heavy atom. The molecular weight excluding hydrogens is 494 g/mol. The lowest BCUT2D eigenvalue weighted by Gasteiger charge is -2.26. The summed E-state index contributed by atoms with van der Waals surface area (Å²) in [5.41, 5.74) is 1.62. The van der Waals surface area contributed by atoms with Crippen LogP contribution in [0, 0.1) is 0 Å². The van der Waals surface area contributed by atoms with Gasteiger partial charge in [-0.2, -0.15) is 0 Å². The van der Waals surface area contributed by atoms with Crippen LogP contribution in [-0.2, 0) is 9.59 Å². The topological polar surface area (TPSA) is 85.3 Å². The third-order valence-electron chi connectivity index (χ3n) is 6.51. The summed E-state index contributed by atoms with van der Waals surface area (Å²) >= 11 is 0. The molecule has 0 spiro atoms. The minimum atomic E-state index is -0.835. The predicted molar refractivity (Wildman–Crippen MR) is 151 cm³/mol. The zero-order chi connectivity index (χ0) is 27.9. The lowest BCUT2D eigenvalue weighted by molar-refractivity contribution is -0.132. The number of amides is 1. The van der Waals surface area contributed by atoms with Gasteiger partial charge in [-0.25, -0.2) is 0 Å². The molecule has 1 aliphatic heterocycles. The van der Waals surface area contributed by atoms with Crippen molar-refractivity contribution in [2.24, 2.45) is 0 Å². The second kappa shape index (κ2) is 12.5. The van der Waals surface area contributed by atoms with E-state index < -0.39 is 17.7 Å². The summed E-state index contributed by atoms with van der Waals surface area (Å²) in [7, 11) is 1.57. The van der Waals surface area contributed by atoms with Crippen LogP contribution in [0.2, 0.25) is 0 Å². The van der Waals surface area contributed by atoms with Crippen LogP contribution in [0.4, 0.5) is 5.69 Å². The molecule has 39 heavy (non-hydrogen) atoms. The molecule has 1 fully saturated rings. The van der Waals surface area contributed by atoms with E-state index in [-0.39, 0.29) is 17.4 Å². The van der Waals surface area contributed by atoms with Gasteiger partial charge in [-0.1, -0.05) is 31.9 Å². The van der Waals surface area contributed by atoms with Gasteiger partial charge in [0.15, 0.2) is 0 Å². The van der Waals surface area contributed by atoms with Crippen LogP contribution >= 0.6 is 0 Å². The van der Waals surface area contributed by atoms with E-state index in [1.807, 2.05) is 13.8 Å². The second-order valence-electron chi connectivity index (χ2n) is 9.68. The van der Waals surface area contributed by atoms with Gasteiger partial charge in [-0.3, -0.25) is 14.5 Å². The first kappa shape index (κ1) is 27.8. The number of aliphatic hydroxyl groups is 1. The fourth-order valence-corrected chi connectivity index (χ4v) is 4.56. The summed E-state index contributed by atoms with van der Waals surface area (Å²) < 4.78 is 16.8. The van der Waals surface area contributed by atoms with Crippen LogP contribution in [0.1, 0.15) is 57.2 Å². The summed E-state index contributed by atoms with van der Waals surface area (Å²) in [5.74, 6) is 0.262.